The summed E-state index contributed by atoms with van der Waals surface area (Å²) in [5.74, 6) is -0.245. The SMILES string of the molecule is CCCC1=Cc2c(-c3ccc4ccccc4c3)cccc2C1c1cccc2c1[CH]([Zr+2][SiH](C)C)c1ccccc1-2.[Cl-].[Cl-]. The van der Waals surface area contributed by atoms with Crippen LogP contribution in [0, 0.1) is 0 Å². The Morgan fingerprint density at radius 1 is 0.659 bits per heavy atom. The number of hydrogen-bond acceptors (Lipinski definition) is 0. The van der Waals surface area contributed by atoms with Crippen LogP contribution < -0.4 is 24.8 Å². The van der Waals surface area contributed by atoms with Crippen molar-refractivity contribution in [3.8, 4) is 22.3 Å². The van der Waals surface area contributed by atoms with E-state index in [2.05, 4.69) is 129 Å². The van der Waals surface area contributed by atoms with Crippen LogP contribution >= 0.6 is 0 Å². The molecule has 0 saturated heterocycles. The monoisotopic (exact) mass is 666 g/mol. The summed E-state index contributed by atoms with van der Waals surface area (Å²) >= 11 is -0.538. The van der Waals surface area contributed by atoms with E-state index in [1.165, 1.54) is 50.6 Å². The number of halogens is 2. The minimum atomic E-state index is -0.607. The molecule has 0 radical (unpaired) electrons. The first kappa shape index (κ1) is 30.2. The van der Waals surface area contributed by atoms with Gasteiger partial charge in [0.2, 0.25) is 0 Å². The topological polar surface area (TPSA) is 0 Å². The molecule has 2 unspecified atom stereocenters. The van der Waals surface area contributed by atoms with Gasteiger partial charge in [-0.15, -0.1) is 0 Å². The van der Waals surface area contributed by atoms with Crippen molar-refractivity contribution in [2.24, 2.45) is 0 Å². The molecule has 2 atom stereocenters. The largest absolute Gasteiger partial charge is 1.00 e. The van der Waals surface area contributed by atoms with Crippen LogP contribution in [-0.2, 0) is 22.4 Å². The number of benzene rings is 5. The zero-order valence-corrected chi connectivity index (χ0v) is 28.9. The van der Waals surface area contributed by atoms with E-state index in [1.54, 1.807) is 22.3 Å². The second kappa shape index (κ2) is 12.6. The molecule has 0 aliphatic heterocycles. The average molecular weight is 669 g/mol. The summed E-state index contributed by atoms with van der Waals surface area (Å²) in [7, 11) is 0. The Labute approximate surface area is 269 Å². The first-order valence-corrected chi connectivity index (χ1v) is 23.0. The molecule has 5 aromatic carbocycles. The Morgan fingerprint density at radius 2 is 1.32 bits per heavy atom. The van der Waals surface area contributed by atoms with Crippen LogP contribution in [0.4, 0.5) is 0 Å². The van der Waals surface area contributed by atoms with Gasteiger partial charge in [0.25, 0.3) is 0 Å². The molecule has 0 heterocycles. The predicted octanol–water partition coefficient (Wildman–Crippen LogP) is 3.98. The molecule has 0 aromatic heterocycles. The van der Waals surface area contributed by atoms with Gasteiger partial charge in [-0.1, -0.05) is 6.07 Å². The van der Waals surface area contributed by atoms with Gasteiger partial charge in [0.1, 0.15) is 0 Å². The second-order valence-electron chi connectivity index (χ2n) is 11.4. The summed E-state index contributed by atoms with van der Waals surface area (Å²) in [5.41, 5.74) is 15.1. The van der Waals surface area contributed by atoms with Crippen molar-refractivity contribution in [3.05, 3.63) is 137 Å². The van der Waals surface area contributed by atoms with Crippen LogP contribution in [0.3, 0.4) is 0 Å². The fourth-order valence-electron chi connectivity index (χ4n) is 6.99. The third kappa shape index (κ3) is 5.27. The quantitative estimate of drug-likeness (QED) is 0.241. The number of rotatable bonds is 6. The molecule has 0 N–H and O–H groups in total. The normalized spacial score (nSPS) is 16.2. The predicted molar refractivity (Wildman–Crippen MR) is 167 cm³/mol. The van der Waals surface area contributed by atoms with Crippen LogP contribution in [0.15, 0.2) is 109 Å². The molecule has 0 saturated carbocycles. The van der Waals surface area contributed by atoms with Crippen molar-refractivity contribution in [1.29, 1.82) is 0 Å². The zero-order chi connectivity index (χ0) is 26.5. The first-order chi connectivity index (χ1) is 19.1. The maximum absolute atomic E-state index is 2.58. The molecule has 41 heavy (non-hydrogen) atoms. The third-order valence-corrected chi connectivity index (χ3v) is 18.4. The summed E-state index contributed by atoms with van der Waals surface area (Å²) in [6.45, 7) is 7.50. The standard InChI is InChI=1S/C35H27.C2H7Si.2ClH.Zr/c1-2-9-27-22-33-29(26-19-18-23-10-3-4-11-24(23)20-26)14-7-16-31(33)35(27)32-17-8-15-30-28-13-6-5-12-25(28)21-34(30)32;1-3-2;;;/h3-8,10-22,35H,2,9H2,1H3;3H,1-2H3;2*1H;/q;;;;+2/p-2. The van der Waals surface area contributed by atoms with Gasteiger partial charge < -0.3 is 24.8 Å². The van der Waals surface area contributed by atoms with E-state index < -0.39 is 28.3 Å². The molecule has 204 valence electrons. The van der Waals surface area contributed by atoms with Gasteiger partial charge in [0.15, 0.2) is 0 Å². The van der Waals surface area contributed by atoms with Crippen molar-refractivity contribution in [2.45, 2.75) is 42.4 Å². The fourth-order valence-corrected chi connectivity index (χ4v) is 16.9. The summed E-state index contributed by atoms with van der Waals surface area (Å²) in [5, 5.41) is 2.61. The maximum Gasteiger partial charge on any atom is -1.00 e. The molecule has 4 heteroatoms. The zero-order valence-electron chi connectivity index (χ0n) is 23.8. The van der Waals surface area contributed by atoms with Crippen LogP contribution in [0.1, 0.15) is 57.1 Å². The molecule has 2 aliphatic carbocycles. The third-order valence-electron chi connectivity index (χ3n) is 8.55. The van der Waals surface area contributed by atoms with Crippen molar-refractivity contribution >= 4 is 22.8 Å². The molecule has 0 amide bonds. The molecule has 7 rings (SSSR count). The Balaban J connectivity index is 0.00000169. The fraction of sp³-hybridized carbons (Fsp3) is 0.189. The van der Waals surface area contributed by atoms with E-state index in [-0.39, 0.29) is 24.8 Å². The van der Waals surface area contributed by atoms with Gasteiger partial charge in [-0.2, -0.15) is 0 Å². The van der Waals surface area contributed by atoms with Crippen LogP contribution in [0.25, 0.3) is 39.1 Å². The smallest absolute Gasteiger partial charge is 1.00 e. The van der Waals surface area contributed by atoms with Crippen molar-refractivity contribution in [3.63, 3.8) is 0 Å². The Hall–Kier alpha value is -2.22. The molecule has 0 fully saturated rings. The molecule has 0 spiro atoms. The summed E-state index contributed by atoms with van der Waals surface area (Å²) in [6, 6.07) is 39.2. The Morgan fingerprint density at radius 3 is 2.10 bits per heavy atom. The van der Waals surface area contributed by atoms with Gasteiger partial charge in [0.05, 0.1) is 0 Å². The van der Waals surface area contributed by atoms with E-state index in [0.29, 0.717) is 9.54 Å². The van der Waals surface area contributed by atoms with Gasteiger partial charge in [0, 0.05) is 0 Å². The van der Waals surface area contributed by atoms with Gasteiger partial charge >= 0.3 is 240 Å². The first-order valence-electron chi connectivity index (χ1n) is 14.4. The minimum absolute atomic E-state index is 0. The number of fused-ring (bicyclic) bond motifs is 5. The molecule has 2 aliphatic rings. The van der Waals surface area contributed by atoms with Gasteiger partial charge in [-0.05, 0) is 0 Å². The minimum Gasteiger partial charge on any atom is -1.00 e. The maximum atomic E-state index is 2.58. The molecule has 0 bridgehead atoms. The van der Waals surface area contributed by atoms with Crippen LogP contribution in [0.2, 0.25) is 13.1 Å². The molecular formula is C37H34Cl2SiZr. The number of hydrogen-bond donors (Lipinski definition) is 0. The summed E-state index contributed by atoms with van der Waals surface area (Å²) in [4.78, 5) is 0. The molecule has 0 nitrogen and oxygen atoms in total. The van der Waals surface area contributed by atoms with Gasteiger partial charge in [-0.3, -0.25) is 0 Å². The van der Waals surface area contributed by atoms with Crippen molar-refractivity contribution in [2.75, 3.05) is 0 Å². The molecule has 5 aromatic rings. The van der Waals surface area contributed by atoms with E-state index >= 15 is 0 Å². The van der Waals surface area contributed by atoms with E-state index in [0.717, 1.165) is 6.42 Å². The molecular weight excluding hydrogens is 635 g/mol. The van der Waals surface area contributed by atoms with Gasteiger partial charge in [-0.25, -0.2) is 0 Å². The van der Waals surface area contributed by atoms with Crippen LogP contribution in [0.5, 0.6) is 0 Å². The number of allylic oxidation sites excluding steroid dienone is 1. The Bertz CT molecular complexity index is 1760. The summed E-state index contributed by atoms with van der Waals surface area (Å²) in [6.07, 6.45) is 4.88. The average Bonchev–Trinajstić information content (AvgIpc) is 3.48. The summed E-state index contributed by atoms with van der Waals surface area (Å²) < 4.78 is 0.693. The second-order valence-corrected chi connectivity index (χ2v) is 26.5. The van der Waals surface area contributed by atoms with E-state index in [1.807, 2.05) is 0 Å². The van der Waals surface area contributed by atoms with Crippen molar-refractivity contribution in [1.82, 2.24) is 0 Å². The Kier molecular flexibility index (Phi) is 9.27. The van der Waals surface area contributed by atoms with Crippen LogP contribution in [-0.4, -0.2) is 5.92 Å². The van der Waals surface area contributed by atoms with E-state index in [9.17, 15) is 0 Å². The van der Waals surface area contributed by atoms with E-state index in [4.69, 9.17) is 0 Å². The van der Waals surface area contributed by atoms with Crippen molar-refractivity contribution < 1.29 is 47.2 Å².